The van der Waals surface area contributed by atoms with Gasteiger partial charge in [0.1, 0.15) is 0 Å². The van der Waals surface area contributed by atoms with Gasteiger partial charge >= 0.3 is 0 Å². The Morgan fingerprint density at radius 1 is 1.58 bits per heavy atom. The molecule has 0 spiro atoms. The molecule has 0 N–H and O–H groups in total. The smallest absolute Gasteiger partial charge is 0.178 e. The van der Waals surface area contributed by atoms with Gasteiger partial charge in [-0.3, -0.25) is 4.98 Å². The van der Waals surface area contributed by atoms with Crippen molar-refractivity contribution in [3.63, 3.8) is 0 Å². The Bertz CT molecular complexity index is 355. The third kappa shape index (κ3) is 1.37. The van der Waals surface area contributed by atoms with Gasteiger partial charge < -0.3 is 4.52 Å². The van der Waals surface area contributed by atoms with E-state index in [1.54, 1.807) is 11.7 Å². The Morgan fingerprint density at radius 2 is 2.50 bits per heavy atom. The zero-order valence-corrected chi connectivity index (χ0v) is 7.81. The van der Waals surface area contributed by atoms with E-state index in [0.29, 0.717) is 5.75 Å². The molecule has 5 heteroatoms. The van der Waals surface area contributed by atoms with E-state index in [1.807, 2.05) is 6.07 Å². The number of hydrogen-bond acceptors (Lipinski definition) is 5. The molecule has 2 aromatic heterocycles. The molecule has 2 heterocycles. The van der Waals surface area contributed by atoms with Gasteiger partial charge in [-0.1, -0.05) is 5.16 Å². The second-order valence-electron chi connectivity index (χ2n) is 2.21. The number of rotatable bonds is 2. The predicted octanol–water partition coefficient (Wildman–Crippen LogP) is 2.23. The zero-order valence-electron chi connectivity index (χ0n) is 6.10. The van der Waals surface area contributed by atoms with Crippen LogP contribution in [0.5, 0.6) is 0 Å². The maximum Gasteiger partial charge on any atom is 0.178 e. The van der Waals surface area contributed by atoms with Gasteiger partial charge in [0.15, 0.2) is 5.76 Å². The molecule has 0 saturated carbocycles. The zero-order chi connectivity index (χ0) is 8.39. The number of aromatic nitrogens is 2. The summed E-state index contributed by atoms with van der Waals surface area (Å²) in [7, 11) is 0. The van der Waals surface area contributed by atoms with Crippen molar-refractivity contribution in [1.82, 2.24) is 10.1 Å². The fraction of sp³-hybridized carbons (Fsp3) is 0.143. The quantitative estimate of drug-likeness (QED) is 0.752. The number of hydrogen-bond donors (Lipinski definition) is 1. The molecule has 0 saturated heterocycles. The molecule has 0 aliphatic carbocycles. The molecule has 0 atom stereocenters. The van der Waals surface area contributed by atoms with Crippen LogP contribution in [0.15, 0.2) is 22.3 Å². The topological polar surface area (TPSA) is 38.9 Å². The number of thiol groups is 1. The molecule has 3 nitrogen and oxygen atoms in total. The summed E-state index contributed by atoms with van der Waals surface area (Å²) in [6.07, 6.45) is 1.76. The lowest BCUT2D eigenvalue weighted by Gasteiger charge is -1.81. The van der Waals surface area contributed by atoms with Gasteiger partial charge in [-0.05, 0) is 0 Å². The first-order valence-corrected chi connectivity index (χ1v) is 4.86. The van der Waals surface area contributed by atoms with Gasteiger partial charge in [-0.2, -0.15) is 12.6 Å². The molecule has 62 valence electrons. The average molecular weight is 198 g/mol. The van der Waals surface area contributed by atoms with Crippen molar-refractivity contribution < 1.29 is 4.52 Å². The molecule has 0 amide bonds. The van der Waals surface area contributed by atoms with E-state index in [4.69, 9.17) is 4.52 Å². The summed E-state index contributed by atoms with van der Waals surface area (Å²) in [5, 5.41) is 3.82. The second-order valence-corrected chi connectivity index (χ2v) is 3.41. The molecule has 2 aromatic rings. The van der Waals surface area contributed by atoms with Crippen LogP contribution >= 0.6 is 24.0 Å². The molecule has 12 heavy (non-hydrogen) atoms. The fourth-order valence-electron chi connectivity index (χ4n) is 0.840. The van der Waals surface area contributed by atoms with E-state index >= 15 is 0 Å². The van der Waals surface area contributed by atoms with Crippen LogP contribution in [0.1, 0.15) is 5.69 Å². The molecular formula is C7H6N2OS2. The van der Waals surface area contributed by atoms with Crippen LogP contribution in [0.4, 0.5) is 0 Å². The average Bonchev–Trinajstić information content (AvgIpc) is 2.75. The summed E-state index contributed by atoms with van der Waals surface area (Å²) < 4.78 is 5.07. The van der Waals surface area contributed by atoms with Gasteiger partial charge in [0.2, 0.25) is 0 Å². The predicted molar refractivity (Wildman–Crippen MR) is 50.3 cm³/mol. The van der Waals surface area contributed by atoms with Crippen LogP contribution in [-0.2, 0) is 5.75 Å². The summed E-state index contributed by atoms with van der Waals surface area (Å²) in [5.41, 5.74) is 2.61. The van der Waals surface area contributed by atoms with Crippen molar-refractivity contribution in [1.29, 1.82) is 0 Å². The lowest BCUT2D eigenvalue weighted by molar-refractivity contribution is 0.427. The minimum atomic E-state index is 0.600. The van der Waals surface area contributed by atoms with E-state index in [0.717, 1.165) is 16.3 Å². The highest BCUT2D eigenvalue weighted by molar-refractivity contribution is 7.79. The Morgan fingerprint density at radius 3 is 3.08 bits per heavy atom. The lowest BCUT2D eigenvalue weighted by Crippen LogP contribution is -1.70. The van der Waals surface area contributed by atoms with E-state index < -0.39 is 0 Å². The maximum atomic E-state index is 5.07. The van der Waals surface area contributed by atoms with Crippen molar-refractivity contribution in [2.45, 2.75) is 5.75 Å². The second kappa shape index (κ2) is 3.28. The van der Waals surface area contributed by atoms with Crippen molar-refractivity contribution in [3.8, 4) is 10.6 Å². The van der Waals surface area contributed by atoms with E-state index in [-0.39, 0.29) is 0 Å². The van der Waals surface area contributed by atoms with Crippen molar-refractivity contribution in [2.24, 2.45) is 0 Å². The third-order valence-corrected chi connectivity index (χ3v) is 2.51. The van der Waals surface area contributed by atoms with Crippen molar-refractivity contribution in [3.05, 3.63) is 23.5 Å². The summed E-state index contributed by atoms with van der Waals surface area (Å²) in [6.45, 7) is 0. The van der Waals surface area contributed by atoms with Gasteiger partial charge in [0.25, 0.3) is 0 Å². The highest BCUT2D eigenvalue weighted by Crippen LogP contribution is 2.23. The van der Waals surface area contributed by atoms with Gasteiger partial charge in [0.05, 0.1) is 16.1 Å². The first-order valence-electron chi connectivity index (χ1n) is 3.35. The molecule has 0 aromatic carbocycles. The molecule has 0 unspecified atom stereocenters. The molecule has 0 bridgehead atoms. The molecule has 0 fully saturated rings. The van der Waals surface area contributed by atoms with Crippen LogP contribution in [0, 0.1) is 0 Å². The van der Waals surface area contributed by atoms with Crippen LogP contribution < -0.4 is 0 Å². The van der Waals surface area contributed by atoms with Gasteiger partial charge in [-0.15, -0.1) is 11.3 Å². The van der Waals surface area contributed by atoms with Gasteiger partial charge in [-0.25, -0.2) is 0 Å². The highest BCUT2D eigenvalue weighted by atomic mass is 32.1. The molecule has 2 rings (SSSR count). The summed E-state index contributed by atoms with van der Waals surface area (Å²) in [4.78, 5) is 4.94. The van der Waals surface area contributed by atoms with Crippen LogP contribution in [0.3, 0.4) is 0 Å². The first-order chi connectivity index (χ1) is 5.90. The maximum absolute atomic E-state index is 5.07. The first kappa shape index (κ1) is 7.82. The Kier molecular flexibility index (Phi) is 2.14. The summed E-state index contributed by atoms with van der Waals surface area (Å²) in [5.74, 6) is 1.36. The van der Waals surface area contributed by atoms with E-state index in [9.17, 15) is 0 Å². The SMILES string of the molecule is SCc1cc(-c2cncs2)on1. The van der Waals surface area contributed by atoms with E-state index in [2.05, 4.69) is 22.8 Å². The van der Waals surface area contributed by atoms with Crippen LogP contribution in [0.2, 0.25) is 0 Å². The molecule has 0 radical (unpaired) electrons. The van der Waals surface area contributed by atoms with Crippen LogP contribution in [0.25, 0.3) is 10.6 Å². The monoisotopic (exact) mass is 198 g/mol. The number of nitrogens with zero attached hydrogens (tertiary/aromatic N) is 2. The van der Waals surface area contributed by atoms with E-state index in [1.165, 1.54) is 11.3 Å². The third-order valence-electron chi connectivity index (χ3n) is 1.40. The Labute approximate surface area is 78.8 Å². The minimum Gasteiger partial charge on any atom is -0.355 e. The molecular weight excluding hydrogens is 192 g/mol. The normalized spacial score (nSPS) is 10.4. The largest absolute Gasteiger partial charge is 0.355 e. The van der Waals surface area contributed by atoms with Crippen molar-refractivity contribution >= 4 is 24.0 Å². The Hall–Kier alpha value is -0.810. The summed E-state index contributed by atoms with van der Waals surface area (Å²) >= 11 is 5.62. The standard InChI is InChI=1S/C7H6N2OS2/c11-3-5-1-6(10-9-5)7-2-8-4-12-7/h1-2,4,11H,3H2. The lowest BCUT2D eigenvalue weighted by atomic mass is 10.3. The molecule has 0 aliphatic heterocycles. The van der Waals surface area contributed by atoms with Gasteiger partial charge in [0, 0.05) is 18.0 Å². The number of thiazole rings is 1. The molecule has 0 aliphatic rings. The van der Waals surface area contributed by atoms with Crippen molar-refractivity contribution in [2.75, 3.05) is 0 Å². The van der Waals surface area contributed by atoms with Crippen LogP contribution in [-0.4, -0.2) is 10.1 Å². The Balaban J connectivity index is 2.35. The highest BCUT2D eigenvalue weighted by Gasteiger charge is 2.06. The summed E-state index contributed by atoms with van der Waals surface area (Å²) in [6, 6.07) is 1.88. The fourth-order valence-corrected chi connectivity index (χ4v) is 1.56. The minimum absolute atomic E-state index is 0.600.